The Kier molecular flexibility index (Phi) is 10.3. The van der Waals surface area contributed by atoms with Gasteiger partial charge in [-0.3, -0.25) is 9.88 Å². The van der Waals surface area contributed by atoms with E-state index in [2.05, 4.69) is 179 Å². The lowest BCUT2D eigenvalue weighted by Gasteiger charge is -2.33. The van der Waals surface area contributed by atoms with Crippen LogP contribution in [-0.4, -0.2) is 15.4 Å². The van der Waals surface area contributed by atoms with Crippen molar-refractivity contribution in [3.63, 3.8) is 0 Å². The fourth-order valence-electron chi connectivity index (χ4n) is 8.96. The summed E-state index contributed by atoms with van der Waals surface area (Å²) in [5.74, 6) is 1.61. The normalized spacial score (nSPS) is 16.4. The average Bonchev–Trinajstić information content (AvgIpc) is 3.97. The molecule has 0 bridgehead atoms. The van der Waals surface area contributed by atoms with Crippen molar-refractivity contribution in [3.8, 4) is 51.2 Å². The maximum atomic E-state index is 10.1. The van der Waals surface area contributed by atoms with E-state index in [1.165, 1.54) is 10.5 Å². The highest BCUT2D eigenvalue weighted by molar-refractivity contribution is 8.00. The molecule has 0 saturated heterocycles. The molecule has 0 radical (unpaired) electrons. The molecule has 310 valence electrons. The molecule has 8 nitrogen and oxygen atoms in total. The third kappa shape index (κ3) is 7.59. The molecular weight excluding hydrogens is 817 g/mol. The summed E-state index contributed by atoms with van der Waals surface area (Å²) in [6.45, 7) is 2.05. The number of benzene rings is 8. The van der Waals surface area contributed by atoms with Gasteiger partial charge in [-0.2, -0.15) is 10.5 Å². The summed E-state index contributed by atoms with van der Waals surface area (Å²) in [6, 6.07) is 69.0. The van der Waals surface area contributed by atoms with E-state index < -0.39 is 12.3 Å². The third-order valence-electron chi connectivity index (χ3n) is 12.2. The fourth-order valence-corrected chi connectivity index (χ4v) is 10.1. The number of hydrogen-bond acceptors (Lipinski definition) is 8. The molecule has 9 heteroatoms. The Balaban J connectivity index is 0.917. The van der Waals surface area contributed by atoms with Crippen molar-refractivity contribution in [2.45, 2.75) is 29.5 Å². The van der Waals surface area contributed by atoms with Crippen LogP contribution < -0.4 is 16.0 Å². The van der Waals surface area contributed by atoms with Gasteiger partial charge in [0.25, 0.3) is 0 Å². The van der Waals surface area contributed by atoms with Crippen molar-refractivity contribution in [2.24, 2.45) is 4.99 Å². The van der Waals surface area contributed by atoms with Crippen molar-refractivity contribution >= 4 is 34.3 Å². The quantitative estimate of drug-likeness (QED) is 0.139. The van der Waals surface area contributed by atoms with Gasteiger partial charge in [-0.1, -0.05) is 139 Å². The minimum absolute atomic E-state index is 0.120. The molecular formula is C56H40N8S. The molecule has 1 aromatic heterocycles. The predicted octanol–water partition coefficient (Wildman–Crippen LogP) is 12.6. The Bertz CT molecular complexity index is 3370. The largest absolute Gasteiger partial charge is 0.368 e. The smallest absolute Gasteiger partial charge is 0.131 e. The lowest BCUT2D eigenvalue weighted by Crippen LogP contribution is -2.45. The van der Waals surface area contributed by atoms with Crippen molar-refractivity contribution < 1.29 is 0 Å². The first kappa shape index (κ1) is 39.6. The van der Waals surface area contributed by atoms with Crippen LogP contribution in [0.5, 0.6) is 0 Å². The van der Waals surface area contributed by atoms with E-state index in [4.69, 9.17) is 9.98 Å². The van der Waals surface area contributed by atoms with Gasteiger partial charge in [-0.15, -0.1) is 0 Å². The number of para-hydroxylation sites is 4. The summed E-state index contributed by atoms with van der Waals surface area (Å²) < 4.78 is 2.23. The van der Waals surface area contributed by atoms with Gasteiger partial charge in [0, 0.05) is 21.7 Å². The number of hydrogen-bond donors (Lipinski definition) is 3. The summed E-state index contributed by atoms with van der Waals surface area (Å²) in [6.07, 6.45) is -0.799. The van der Waals surface area contributed by atoms with Crippen molar-refractivity contribution in [3.05, 3.63) is 227 Å². The van der Waals surface area contributed by atoms with Crippen LogP contribution in [0, 0.1) is 29.6 Å². The molecule has 3 heterocycles. The first-order valence-electron chi connectivity index (χ1n) is 21.5. The lowest BCUT2D eigenvalue weighted by atomic mass is 9.92. The van der Waals surface area contributed by atoms with Crippen LogP contribution in [0.1, 0.15) is 56.9 Å². The first-order chi connectivity index (χ1) is 32.0. The van der Waals surface area contributed by atoms with Crippen LogP contribution in [0.2, 0.25) is 0 Å². The van der Waals surface area contributed by atoms with Gasteiger partial charge in [0.1, 0.15) is 29.4 Å². The van der Waals surface area contributed by atoms with Gasteiger partial charge in [0.05, 0.1) is 40.0 Å². The van der Waals surface area contributed by atoms with E-state index in [1.54, 1.807) is 6.07 Å². The molecule has 0 amide bonds. The molecule has 11 rings (SSSR count). The molecule has 2 aliphatic heterocycles. The van der Waals surface area contributed by atoms with Gasteiger partial charge in [0.2, 0.25) is 0 Å². The van der Waals surface area contributed by atoms with Crippen molar-refractivity contribution in [1.82, 2.24) is 20.2 Å². The summed E-state index contributed by atoms with van der Waals surface area (Å²) in [7, 11) is 0. The van der Waals surface area contributed by atoms with Gasteiger partial charge < -0.3 is 10.6 Å². The Labute approximate surface area is 381 Å². The molecule has 3 atom stereocenters. The molecule has 3 N–H and O–H groups in total. The molecule has 2 aliphatic rings. The minimum Gasteiger partial charge on any atom is -0.368 e. The van der Waals surface area contributed by atoms with Crippen LogP contribution in [-0.2, 0) is 0 Å². The van der Waals surface area contributed by atoms with Crippen LogP contribution in [0.3, 0.4) is 0 Å². The van der Waals surface area contributed by atoms with Crippen LogP contribution >= 0.6 is 11.8 Å². The number of imidazole rings is 1. The van der Waals surface area contributed by atoms with E-state index in [-0.39, 0.29) is 5.37 Å². The monoisotopic (exact) mass is 856 g/mol. The number of thioether (sulfide) groups is 1. The summed E-state index contributed by atoms with van der Waals surface area (Å²) in [5.41, 5.74) is 15.7. The van der Waals surface area contributed by atoms with E-state index in [9.17, 15) is 10.5 Å². The highest BCUT2D eigenvalue weighted by Crippen LogP contribution is 2.46. The molecule has 0 aliphatic carbocycles. The number of fused-ring (bicyclic) bond motifs is 2. The zero-order valence-corrected chi connectivity index (χ0v) is 36.1. The second-order valence-corrected chi connectivity index (χ2v) is 17.3. The maximum absolute atomic E-state index is 10.1. The number of amidine groups is 1. The Morgan fingerprint density at radius 2 is 1.28 bits per heavy atom. The van der Waals surface area contributed by atoms with Crippen LogP contribution in [0.4, 0.5) is 5.69 Å². The van der Waals surface area contributed by atoms with E-state index in [1.807, 2.05) is 54.2 Å². The number of anilines is 1. The molecule has 0 spiro atoms. The van der Waals surface area contributed by atoms with E-state index in [0.29, 0.717) is 17.0 Å². The SMILES string of the molecule is Cc1nc2ccccc2n1-c1ccccc1-c1cccc(-c2ccc(-c3cc(C#N)ccc3C3NC(c4cccc(C#N)c4)=NC(c4ccc(C5Nc6ccccc6S5)cc4)N3)cc2)c1. The van der Waals surface area contributed by atoms with Gasteiger partial charge >= 0.3 is 0 Å². The van der Waals surface area contributed by atoms with E-state index in [0.717, 1.165) is 78.3 Å². The van der Waals surface area contributed by atoms with Gasteiger partial charge in [0.15, 0.2) is 0 Å². The number of aryl methyl sites for hydroxylation is 1. The molecule has 3 unspecified atom stereocenters. The number of nitrogens with zero attached hydrogens (tertiary/aromatic N) is 5. The number of aromatic nitrogens is 2. The predicted molar refractivity (Wildman–Crippen MR) is 261 cm³/mol. The summed E-state index contributed by atoms with van der Waals surface area (Å²) >= 11 is 1.82. The molecule has 9 aromatic rings. The second kappa shape index (κ2) is 16.8. The maximum Gasteiger partial charge on any atom is 0.131 e. The molecule has 0 saturated carbocycles. The highest BCUT2D eigenvalue weighted by Gasteiger charge is 2.29. The Hall–Kier alpha value is -8.21. The number of rotatable bonds is 8. The van der Waals surface area contributed by atoms with Crippen LogP contribution in [0.15, 0.2) is 198 Å². The van der Waals surface area contributed by atoms with Crippen molar-refractivity contribution in [2.75, 3.05) is 5.32 Å². The number of nitrogens with one attached hydrogen (secondary N) is 3. The number of aliphatic imine (C=N–C) groups is 1. The highest BCUT2D eigenvalue weighted by atomic mass is 32.2. The second-order valence-electron chi connectivity index (χ2n) is 16.2. The van der Waals surface area contributed by atoms with Gasteiger partial charge in [-0.05, 0) is 112 Å². The first-order valence-corrected chi connectivity index (χ1v) is 22.4. The summed E-state index contributed by atoms with van der Waals surface area (Å²) in [4.78, 5) is 11.3. The molecule has 0 fully saturated rings. The van der Waals surface area contributed by atoms with E-state index >= 15 is 0 Å². The summed E-state index contributed by atoms with van der Waals surface area (Å²) in [5, 5.41) is 31.1. The Morgan fingerprint density at radius 1 is 0.569 bits per heavy atom. The Morgan fingerprint density at radius 3 is 2.12 bits per heavy atom. The lowest BCUT2D eigenvalue weighted by molar-refractivity contribution is 0.409. The zero-order valence-electron chi connectivity index (χ0n) is 35.3. The molecule has 8 aromatic carbocycles. The molecule has 65 heavy (non-hydrogen) atoms. The van der Waals surface area contributed by atoms with Gasteiger partial charge in [-0.25, -0.2) is 9.98 Å². The topological polar surface area (TPSA) is 114 Å². The fraction of sp³-hybridized carbons (Fsp3) is 0.0714. The standard InChI is InChI=1S/C56H40N8S/c1-35-59-48-15-3-6-18-51(48)64(35)50-17-5-2-14-45(50)43-12-9-11-42(32-43)38-21-23-39(24-22-38)47-31-37(34-58)20-29-46(47)55-62-53(61-54(63-55)44-13-8-10-36(30-44)33-57)40-25-27-41(28-26-40)56-60-49-16-4-7-19-52(49)65-56/h2-32,53,55-56,60,62H,1H3,(H,61,63). The zero-order chi connectivity index (χ0) is 43.9. The number of nitriles is 2. The average molecular weight is 857 g/mol. The minimum atomic E-state index is -0.405. The van der Waals surface area contributed by atoms with Crippen molar-refractivity contribution in [1.29, 1.82) is 10.5 Å². The van der Waals surface area contributed by atoms with Crippen LogP contribution in [0.25, 0.3) is 50.1 Å². The third-order valence-corrected chi connectivity index (χ3v) is 13.4.